The van der Waals surface area contributed by atoms with Gasteiger partial charge in [-0.1, -0.05) is 24.3 Å². The van der Waals surface area contributed by atoms with E-state index in [2.05, 4.69) is 20.2 Å². The molecule has 0 radical (unpaired) electrons. The zero-order chi connectivity index (χ0) is 23.1. The molecule has 5 rings (SSSR count). The van der Waals surface area contributed by atoms with Crippen molar-refractivity contribution >= 4 is 27.5 Å². The predicted molar refractivity (Wildman–Crippen MR) is 120 cm³/mol. The molecule has 2 aromatic carbocycles. The molecule has 1 aliphatic heterocycles. The molecule has 0 saturated heterocycles. The van der Waals surface area contributed by atoms with Crippen molar-refractivity contribution < 1.29 is 13.4 Å². The average molecular weight is 463 g/mol. The summed E-state index contributed by atoms with van der Waals surface area (Å²) in [4.78, 5) is 35.0. The van der Waals surface area contributed by atoms with Crippen molar-refractivity contribution in [3.63, 3.8) is 0 Å². The fourth-order valence-corrected chi connectivity index (χ4v) is 4.37. The van der Waals surface area contributed by atoms with Crippen LogP contribution < -0.4 is 5.56 Å². The van der Waals surface area contributed by atoms with Gasteiger partial charge in [-0.15, -0.1) is 0 Å². The Morgan fingerprint density at radius 3 is 2.76 bits per heavy atom. The van der Waals surface area contributed by atoms with Crippen LogP contribution in [-0.4, -0.2) is 41.4 Å². The number of hydrogen-bond donors (Lipinski definition) is 1. The zero-order valence-electron chi connectivity index (χ0n) is 17.5. The first-order chi connectivity index (χ1) is 15.9. The van der Waals surface area contributed by atoms with Gasteiger partial charge in [0.1, 0.15) is 5.82 Å². The fraction of sp³-hybridized carbons (Fsp3) is 0.174. The normalized spacial score (nSPS) is 13.8. The second-order valence-corrected chi connectivity index (χ2v) is 9.05. The molecule has 10 heteroatoms. The van der Waals surface area contributed by atoms with Crippen molar-refractivity contribution in [2.45, 2.75) is 24.7 Å². The van der Waals surface area contributed by atoms with Crippen LogP contribution in [0.5, 0.6) is 0 Å². The molecule has 166 valence electrons. The zero-order valence-corrected chi connectivity index (χ0v) is 18.4. The van der Waals surface area contributed by atoms with E-state index in [1.54, 1.807) is 24.4 Å². The van der Waals surface area contributed by atoms with E-state index in [-0.39, 0.29) is 29.4 Å². The highest BCUT2D eigenvalue weighted by atomic mass is 32.2. The summed E-state index contributed by atoms with van der Waals surface area (Å²) >= 11 is 0. The molecular formula is C23H18FN5O3S. The van der Waals surface area contributed by atoms with Crippen LogP contribution in [0.15, 0.2) is 58.6 Å². The summed E-state index contributed by atoms with van der Waals surface area (Å²) in [5.41, 5.74) is 2.34. The van der Waals surface area contributed by atoms with E-state index in [0.717, 1.165) is 5.56 Å². The lowest BCUT2D eigenvalue weighted by molar-refractivity contribution is 0.0745. The number of benzene rings is 2. The SMILES string of the molecule is CS(=O)c1ncc2c(n1)CN(C(=O)c1cc(Cc3n[nH]c(=O)c4ccccc34)ccc1F)C2. The van der Waals surface area contributed by atoms with Gasteiger partial charge in [0.15, 0.2) is 0 Å². The minimum atomic E-state index is -1.33. The van der Waals surface area contributed by atoms with E-state index in [1.165, 1.54) is 23.3 Å². The summed E-state index contributed by atoms with van der Waals surface area (Å²) < 4.78 is 26.3. The molecule has 33 heavy (non-hydrogen) atoms. The maximum Gasteiger partial charge on any atom is 0.272 e. The van der Waals surface area contributed by atoms with Gasteiger partial charge in [0.25, 0.3) is 11.5 Å². The van der Waals surface area contributed by atoms with E-state index in [9.17, 15) is 18.2 Å². The number of carbonyl (C=O) groups excluding carboxylic acids is 1. The Morgan fingerprint density at radius 2 is 1.97 bits per heavy atom. The topological polar surface area (TPSA) is 109 Å². The standard InChI is InChI=1S/C23H18FN5O3S/c1-33(32)23-25-10-14-11-29(12-20(14)26-23)22(31)17-8-13(6-7-18(17)24)9-19-15-4-2-3-5-16(15)21(30)28-27-19/h2-8,10H,9,11-12H2,1H3,(H,28,30). The van der Waals surface area contributed by atoms with Crippen LogP contribution in [0.2, 0.25) is 0 Å². The molecular weight excluding hydrogens is 445 g/mol. The second kappa shape index (κ2) is 8.28. The van der Waals surface area contributed by atoms with Crippen molar-refractivity contribution in [3.05, 3.63) is 92.9 Å². The van der Waals surface area contributed by atoms with Crippen LogP contribution in [0.1, 0.15) is 32.9 Å². The number of amides is 1. The van der Waals surface area contributed by atoms with Crippen molar-refractivity contribution in [2.75, 3.05) is 6.26 Å². The van der Waals surface area contributed by atoms with Gasteiger partial charge in [-0.3, -0.25) is 13.8 Å². The maximum absolute atomic E-state index is 14.6. The molecule has 8 nitrogen and oxygen atoms in total. The van der Waals surface area contributed by atoms with Crippen molar-refractivity contribution in [1.82, 2.24) is 25.1 Å². The molecule has 2 aromatic heterocycles. The van der Waals surface area contributed by atoms with Crippen molar-refractivity contribution in [1.29, 1.82) is 0 Å². The van der Waals surface area contributed by atoms with Gasteiger partial charge < -0.3 is 4.90 Å². The highest BCUT2D eigenvalue weighted by Crippen LogP contribution is 2.25. The summed E-state index contributed by atoms with van der Waals surface area (Å²) in [5, 5.41) is 8.08. The van der Waals surface area contributed by atoms with Crippen LogP contribution in [0, 0.1) is 5.82 Å². The second-order valence-electron chi connectivity index (χ2n) is 7.78. The lowest BCUT2D eigenvalue weighted by atomic mass is 10.0. The van der Waals surface area contributed by atoms with E-state index in [1.807, 2.05) is 12.1 Å². The number of rotatable bonds is 4. The molecule has 1 amide bonds. The third-order valence-corrected chi connectivity index (χ3v) is 6.30. The fourth-order valence-electron chi connectivity index (χ4n) is 3.93. The monoisotopic (exact) mass is 463 g/mol. The predicted octanol–water partition coefficient (Wildman–Crippen LogP) is 2.34. The van der Waals surface area contributed by atoms with Gasteiger partial charge in [0.2, 0.25) is 5.16 Å². The van der Waals surface area contributed by atoms with Crippen LogP contribution >= 0.6 is 0 Å². The van der Waals surface area contributed by atoms with Crippen molar-refractivity contribution in [2.24, 2.45) is 0 Å². The van der Waals surface area contributed by atoms with E-state index < -0.39 is 22.5 Å². The summed E-state index contributed by atoms with van der Waals surface area (Å²) in [6.45, 7) is 0.442. The average Bonchev–Trinajstić information content (AvgIpc) is 3.25. The molecule has 0 saturated carbocycles. The molecule has 1 aliphatic rings. The van der Waals surface area contributed by atoms with Crippen LogP contribution in [0.3, 0.4) is 0 Å². The Kier molecular flexibility index (Phi) is 5.29. The number of fused-ring (bicyclic) bond motifs is 2. The molecule has 1 atom stereocenters. The summed E-state index contributed by atoms with van der Waals surface area (Å²) in [5.74, 6) is -1.09. The maximum atomic E-state index is 14.6. The van der Waals surface area contributed by atoms with Gasteiger partial charge >= 0.3 is 0 Å². The highest BCUT2D eigenvalue weighted by molar-refractivity contribution is 7.84. The van der Waals surface area contributed by atoms with Gasteiger partial charge in [0, 0.05) is 36.4 Å². The number of carbonyl (C=O) groups is 1. The Morgan fingerprint density at radius 1 is 1.18 bits per heavy atom. The Balaban J connectivity index is 1.43. The van der Waals surface area contributed by atoms with Gasteiger partial charge in [-0.25, -0.2) is 19.5 Å². The van der Waals surface area contributed by atoms with E-state index >= 15 is 0 Å². The lowest BCUT2D eigenvalue weighted by Gasteiger charge is -2.16. The number of nitrogens with zero attached hydrogens (tertiary/aromatic N) is 4. The van der Waals surface area contributed by atoms with Crippen LogP contribution in [0.4, 0.5) is 4.39 Å². The third kappa shape index (κ3) is 3.93. The van der Waals surface area contributed by atoms with Crippen molar-refractivity contribution in [3.8, 4) is 0 Å². The lowest BCUT2D eigenvalue weighted by Crippen LogP contribution is -2.26. The Bertz CT molecular complexity index is 1500. The first-order valence-corrected chi connectivity index (χ1v) is 11.7. The smallest absolute Gasteiger partial charge is 0.272 e. The summed E-state index contributed by atoms with van der Waals surface area (Å²) in [6.07, 6.45) is 3.36. The number of hydrogen-bond acceptors (Lipinski definition) is 6. The van der Waals surface area contributed by atoms with Gasteiger partial charge in [0.05, 0.1) is 39.7 Å². The number of aromatic nitrogens is 4. The number of H-pyrrole nitrogens is 1. The Labute approximate surface area is 190 Å². The van der Waals surface area contributed by atoms with Crippen LogP contribution in [-0.2, 0) is 30.3 Å². The molecule has 0 aliphatic carbocycles. The third-order valence-electron chi connectivity index (χ3n) is 5.59. The molecule has 1 N–H and O–H groups in total. The summed E-state index contributed by atoms with van der Waals surface area (Å²) in [6, 6.07) is 11.5. The molecule has 1 unspecified atom stereocenters. The van der Waals surface area contributed by atoms with E-state index in [4.69, 9.17) is 0 Å². The minimum absolute atomic E-state index is 0.0544. The molecule has 3 heterocycles. The number of aromatic amines is 1. The van der Waals surface area contributed by atoms with Gasteiger partial charge in [-0.05, 0) is 23.8 Å². The first-order valence-electron chi connectivity index (χ1n) is 10.1. The quantitative estimate of drug-likeness (QED) is 0.466. The first kappa shape index (κ1) is 21.1. The van der Waals surface area contributed by atoms with E-state index in [0.29, 0.717) is 34.1 Å². The summed E-state index contributed by atoms with van der Waals surface area (Å²) in [7, 11) is -1.33. The molecule has 4 aromatic rings. The largest absolute Gasteiger partial charge is 0.328 e. The number of nitrogens with one attached hydrogen (secondary N) is 1. The molecule has 0 fully saturated rings. The Hall–Kier alpha value is -3.79. The molecule has 0 spiro atoms. The van der Waals surface area contributed by atoms with Gasteiger partial charge in [-0.2, -0.15) is 5.10 Å². The van der Waals surface area contributed by atoms with Crippen LogP contribution in [0.25, 0.3) is 10.8 Å². The highest BCUT2D eigenvalue weighted by Gasteiger charge is 2.28. The molecule has 0 bridgehead atoms. The number of halogens is 1. The minimum Gasteiger partial charge on any atom is -0.328 e.